The Morgan fingerprint density at radius 2 is 2.31 bits per heavy atom. The van der Waals surface area contributed by atoms with Crippen LogP contribution in [0.2, 0.25) is 5.02 Å². The van der Waals surface area contributed by atoms with Crippen LogP contribution >= 0.6 is 22.9 Å². The first-order valence-corrected chi connectivity index (χ1v) is 4.94. The first kappa shape index (κ1) is 8.94. The maximum atomic E-state index is 13.2. The van der Waals surface area contributed by atoms with Gasteiger partial charge in [-0.2, -0.15) is 0 Å². The van der Waals surface area contributed by atoms with E-state index < -0.39 is 0 Å². The minimum absolute atomic E-state index is 0.157. The highest BCUT2D eigenvalue weighted by molar-refractivity contribution is 7.17. The van der Waals surface area contributed by atoms with E-state index in [1.54, 1.807) is 11.4 Å². The fraction of sp³-hybridized carbons (Fsp3) is 0.111. The number of thiophene rings is 1. The number of fused-ring (bicyclic) bond motifs is 1. The molecule has 0 aliphatic heterocycles. The molecule has 0 aliphatic carbocycles. The maximum Gasteiger partial charge on any atom is 0.133 e. The van der Waals surface area contributed by atoms with Crippen molar-refractivity contribution >= 4 is 33.0 Å². The average Bonchev–Trinajstić information content (AvgIpc) is 2.53. The topological polar surface area (TPSA) is 20.2 Å². The summed E-state index contributed by atoms with van der Waals surface area (Å²) in [4.78, 5) is 0. The van der Waals surface area contributed by atoms with Gasteiger partial charge in [-0.3, -0.25) is 0 Å². The number of benzene rings is 1. The third kappa shape index (κ3) is 1.33. The van der Waals surface area contributed by atoms with Crippen LogP contribution in [0.1, 0.15) is 5.56 Å². The number of aliphatic hydroxyl groups is 1. The quantitative estimate of drug-likeness (QED) is 0.776. The molecule has 0 atom stereocenters. The summed E-state index contributed by atoms with van der Waals surface area (Å²) in [6.07, 6.45) is 0. The molecule has 0 spiro atoms. The Morgan fingerprint density at radius 1 is 1.54 bits per heavy atom. The van der Waals surface area contributed by atoms with Gasteiger partial charge >= 0.3 is 0 Å². The molecule has 1 N–H and O–H groups in total. The van der Waals surface area contributed by atoms with Crippen molar-refractivity contribution in [3.05, 3.63) is 33.9 Å². The fourth-order valence-corrected chi connectivity index (χ4v) is 2.52. The molecule has 2 rings (SSSR count). The second-order valence-electron chi connectivity index (χ2n) is 2.64. The number of halogens is 2. The van der Waals surface area contributed by atoms with Gasteiger partial charge in [-0.1, -0.05) is 11.6 Å². The first-order chi connectivity index (χ1) is 6.24. The molecule has 0 unspecified atom stereocenters. The molecule has 0 amide bonds. The standard InChI is InChI=1S/C9H6ClFOS/c10-7-3-8(11)5-1-2-13-9(5)6(7)4-12/h1-3,12H,4H2. The minimum atomic E-state index is -0.335. The lowest BCUT2D eigenvalue weighted by molar-refractivity contribution is 0.283. The van der Waals surface area contributed by atoms with Crippen molar-refractivity contribution in [2.75, 3.05) is 0 Å². The van der Waals surface area contributed by atoms with E-state index in [9.17, 15) is 4.39 Å². The Morgan fingerprint density at radius 3 is 3.00 bits per heavy atom. The van der Waals surface area contributed by atoms with Gasteiger partial charge in [0.1, 0.15) is 5.82 Å². The summed E-state index contributed by atoms with van der Waals surface area (Å²) < 4.78 is 14.0. The van der Waals surface area contributed by atoms with Crippen molar-refractivity contribution < 1.29 is 9.50 Å². The summed E-state index contributed by atoms with van der Waals surface area (Å²) in [5.41, 5.74) is 0.605. The molecule has 1 nitrogen and oxygen atoms in total. The van der Waals surface area contributed by atoms with Crippen molar-refractivity contribution in [3.63, 3.8) is 0 Å². The molecular weight excluding hydrogens is 211 g/mol. The van der Waals surface area contributed by atoms with Gasteiger partial charge < -0.3 is 5.11 Å². The maximum absolute atomic E-state index is 13.2. The Kier molecular flexibility index (Phi) is 2.24. The van der Waals surface area contributed by atoms with E-state index in [2.05, 4.69) is 0 Å². The molecule has 2 aromatic rings. The monoisotopic (exact) mass is 216 g/mol. The lowest BCUT2D eigenvalue weighted by atomic mass is 10.1. The molecule has 1 aromatic heterocycles. The van der Waals surface area contributed by atoms with Gasteiger partial charge in [-0.25, -0.2) is 4.39 Å². The van der Waals surface area contributed by atoms with Gasteiger partial charge in [-0.05, 0) is 17.5 Å². The molecule has 13 heavy (non-hydrogen) atoms. The Hall–Kier alpha value is -0.640. The Labute approximate surface area is 83.4 Å². The molecular formula is C9H6ClFOS. The van der Waals surface area contributed by atoms with Gasteiger partial charge in [0.05, 0.1) is 11.6 Å². The van der Waals surface area contributed by atoms with Crippen molar-refractivity contribution in [2.45, 2.75) is 6.61 Å². The SMILES string of the molecule is OCc1c(Cl)cc(F)c2ccsc12. The normalized spacial score (nSPS) is 11.0. The zero-order chi connectivity index (χ0) is 9.42. The number of hydrogen-bond donors (Lipinski definition) is 1. The van der Waals surface area contributed by atoms with Crippen LogP contribution in [0.5, 0.6) is 0 Å². The van der Waals surface area contributed by atoms with E-state index in [1.807, 2.05) is 0 Å². The summed E-state index contributed by atoms with van der Waals surface area (Å²) in [7, 11) is 0. The minimum Gasteiger partial charge on any atom is -0.392 e. The van der Waals surface area contributed by atoms with Crippen LogP contribution < -0.4 is 0 Å². The summed E-state index contributed by atoms with van der Waals surface area (Å²) in [5, 5.41) is 11.6. The van der Waals surface area contributed by atoms with E-state index >= 15 is 0 Å². The fourth-order valence-electron chi connectivity index (χ4n) is 1.26. The van der Waals surface area contributed by atoms with Crippen LogP contribution in [-0.2, 0) is 6.61 Å². The van der Waals surface area contributed by atoms with E-state index in [0.717, 1.165) is 4.70 Å². The summed E-state index contributed by atoms with van der Waals surface area (Å²) in [6, 6.07) is 2.92. The third-order valence-electron chi connectivity index (χ3n) is 1.90. The van der Waals surface area contributed by atoms with Crippen LogP contribution in [0.25, 0.3) is 10.1 Å². The van der Waals surface area contributed by atoms with Gasteiger partial charge in [-0.15, -0.1) is 11.3 Å². The van der Waals surface area contributed by atoms with Gasteiger partial charge in [0.2, 0.25) is 0 Å². The highest BCUT2D eigenvalue weighted by Gasteiger charge is 2.10. The second kappa shape index (κ2) is 3.25. The first-order valence-electron chi connectivity index (χ1n) is 3.69. The molecule has 4 heteroatoms. The molecule has 0 radical (unpaired) electrons. The number of rotatable bonds is 1. The number of aliphatic hydroxyl groups excluding tert-OH is 1. The molecule has 0 bridgehead atoms. The molecule has 0 saturated carbocycles. The third-order valence-corrected chi connectivity index (χ3v) is 3.21. The van der Waals surface area contributed by atoms with E-state index in [1.165, 1.54) is 17.4 Å². The summed E-state index contributed by atoms with van der Waals surface area (Å²) in [5.74, 6) is -0.335. The number of hydrogen-bond acceptors (Lipinski definition) is 2. The molecule has 68 valence electrons. The highest BCUT2D eigenvalue weighted by atomic mass is 35.5. The zero-order valence-electron chi connectivity index (χ0n) is 6.55. The van der Waals surface area contributed by atoms with E-state index in [-0.39, 0.29) is 17.4 Å². The Bertz CT molecular complexity index is 452. The molecule has 0 saturated heterocycles. The molecule has 0 aliphatic rings. The predicted molar refractivity (Wildman–Crippen MR) is 52.7 cm³/mol. The second-order valence-corrected chi connectivity index (χ2v) is 3.96. The molecule has 0 fully saturated rings. The van der Waals surface area contributed by atoms with Gasteiger partial charge in [0.15, 0.2) is 0 Å². The van der Waals surface area contributed by atoms with Crippen LogP contribution in [0.15, 0.2) is 17.5 Å². The van der Waals surface area contributed by atoms with Crippen LogP contribution in [0.3, 0.4) is 0 Å². The zero-order valence-corrected chi connectivity index (χ0v) is 8.12. The lowest BCUT2D eigenvalue weighted by Crippen LogP contribution is -1.87. The van der Waals surface area contributed by atoms with Crippen LogP contribution in [0.4, 0.5) is 4.39 Å². The van der Waals surface area contributed by atoms with Crippen LogP contribution in [0, 0.1) is 5.82 Å². The lowest BCUT2D eigenvalue weighted by Gasteiger charge is -2.02. The van der Waals surface area contributed by atoms with Crippen LogP contribution in [-0.4, -0.2) is 5.11 Å². The summed E-state index contributed by atoms with van der Waals surface area (Å²) in [6.45, 7) is -0.157. The van der Waals surface area contributed by atoms with Crippen molar-refractivity contribution in [1.82, 2.24) is 0 Å². The van der Waals surface area contributed by atoms with Gasteiger partial charge in [0, 0.05) is 15.6 Å². The van der Waals surface area contributed by atoms with E-state index in [4.69, 9.17) is 16.7 Å². The molecule has 1 aromatic carbocycles. The van der Waals surface area contributed by atoms with E-state index in [0.29, 0.717) is 10.9 Å². The summed E-state index contributed by atoms with van der Waals surface area (Å²) >= 11 is 7.15. The highest BCUT2D eigenvalue weighted by Crippen LogP contribution is 2.32. The van der Waals surface area contributed by atoms with Crippen molar-refractivity contribution in [2.24, 2.45) is 0 Å². The largest absolute Gasteiger partial charge is 0.392 e. The average molecular weight is 217 g/mol. The van der Waals surface area contributed by atoms with Crippen molar-refractivity contribution in [3.8, 4) is 0 Å². The molecule has 1 heterocycles. The van der Waals surface area contributed by atoms with Gasteiger partial charge in [0.25, 0.3) is 0 Å². The Balaban J connectivity index is 2.88. The predicted octanol–water partition coefficient (Wildman–Crippen LogP) is 3.19. The smallest absolute Gasteiger partial charge is 0.133 e. The van der Waals surface area contributed by atoms with Crippen molar-refractivity contribution in [1.29, 1.82) is 0 Å².